The van der Waals surface area contributed by atoms with Crippen LogP contribution in [0.3, 0.4) is 0 Å². The van der Waals surface area contributed by atoms with E-state index in [1.165, 1.54) is 0 Å². The largest absolute Gasteiger partial charge is 0.395 e. The maximum absolute atomic E-state index is 11.7. The van der Waals surface area contributed by atoms with Crippen LogP contribution in [0.25, 0.3) is 0 Å². The van der Waals surface area contributed by atoms with Crippen molar-refractivity contribution in [2.45, 2.75) is 50.3 Å². The molecular weight excluding hydrogens is 202 g/mol. The van der Waals surface area contributed by atoms with Gasteiger partial charge >= 0.3 is 0 Å². The topological polar surface area (TPSA) is 66.4 Å². The van der Waals surface area contributed by atoms with Crippen molar-refractivity contribution in [3.8, 4) is 0 Å². The Labute approximate surface area is 85.8 Å². The maximum Gasteiger partial charge on any atom is 0.214 e. The van der Waals surface area contributed by atoms with Crippen molar-refractivity contribution in [1.82, 2.24) is 4.72 Å². The molecule has 1 aliphatic rings. The van der Waals surface area contributed by atoms with Gasteiger partial charge in [0.1, 0.15) is 0 Å². The number of hydrogen-bond acceptors (Lipinski definition) is 3. The molecule has 0 aromatic carbocycles. The molecule has 0 bridgehead atoms. The molecule has 14 heavy (non-hydrogen) atoms. The summed E-state index contributed by atoms with van der Waals surface area (Å²) in [5.41, 5.74) is 0. The minimum Gasteiger partial charge on any atom is -0.395 e. The van der Waals surface area contributed by atoms with Gasteiger partial charge in [0.2, 0.25) is 10.0 Å². The molecule has 0 aliphatic heterocycles. The molecule has 0 heterocycles. The minimum absolute atomic E-state index is 0.147. The van der Waals surface area contributed by atoms with Gasteiger partial charge in [-0.1, -0.05) is 19.3 Å². The zero-order chi connectivity index (χ0) is 10.6. The van der Waals surface area contributed by atoms with Gasteiger partial charge in [0.15, 0.2) is 0 Å². The molecule has 5 heteroatoms. The van der Waals surface area contributed by atoms with E-state index in [0.717, 1.165) is 32.1 Å². The summed E-state index contributed by atoms with van der Waals surface area (Å²) >= 11 is 0. The minimum atomic E-state index is -3.20. The highest BCUT2D eigenvalue weighted by Gasteiger charge is 2.27. The van der Waals surface area contributed by atoms with Crippen LogP contribution in [0.5, 0.6) is 0 Å². The summed E-state index contributed by atoms with van der Waals surface area (Å²) in [6, 6.07) is -0.373. The Kier molecular flexibility index (Phi) is 4.34. The third kappa shape index (κ3) is 3.22. The van der Waals surface area contributed by atoms with Crippen LogP contribution in [0.1, 0.15) is 39.0 Å². The normalized spacial score (nSPS) is 22.1. The Bertz CT molecular complexity index is 257. The molecule has 0 saturated heterocycles. The van der Waals surface area contributed by atoms with Gasteiger partial charge < -0.3 is 5.11 Å². The summed E-state index contributed by atoms with van der Waals surface area (Å²) in [7, 11) is -3.20. The van der Waals surface area contributed by atoms with Crippen LogP contribution in [-0.4, -0.2) is 31.4 Å². The predicted octanol–water partition coefficient (Wildman–Crippen LogP) is 0.619. The summed E-state index contributed by atoms with van der Waals surface area (Å²) in [4.78, 5) is 0. The molecule has 1 rings (SSSR count). The van der Waals surface area contributed by atoms with Crippen molar-refractivity contribution in [2.75, 3.05) is 6.61 Å². The Morgan fingerprint density at radius 1 is 1.36 bits per heavy atom. The summed E-state index contributed by atoms with van der Waals surface area (Å²) < 4.78 is 26.0. The molecular formula is C9H19NO3S. The second-order valence-corrected chi connectivity index (χ2v) is 6.00. The van der Waals surface area contributed by atoms with Gasteiger partial charge in [-0.15, -0.1) is 0 Å². The molecule has 0 aromatic heterocycles. The molecule has 1 saturated carbocycles. The third-order valence-electron chi connectivity index (χ3n) is 2.63. The van der Waals surface area contributed by atoms with Crippen molar-refractivity contribution >= 4 is 10.0 Å². The van der Waals surface area contributed by atoms with Crippen LogP contribution in [0.4, 0.5) is 0 Å². The van der Waals surface area contributed by atoms with E-state index < -0.39 is 10.0 Å². The molecule has 1 atom stereocenters. The number of nitrogens with one attached hydrogen (secondary N) is 1. The van der Waals surface area contributed by atoms with E-state index in [2.05, 4.69) is 4.72 Å². The smallest absolute Gasteiger partial charge is 0.214 e. The molecule has 0 spiro atoms. The van der Waals surface area contributed by atoms with Gasteiger partial charge in [0.05, 0.1) is 11.9 Å². The first kappa shape index (κ1) is 11.9. The summed E-state index contributed by atoms with van der Waals surface area (Å²) in [6.45, 7) is 1.52. The second-order valence-electron chi connectivity index (χ2n) is 4.01. The lowest BCUT2D eigenvalue weighted by Gasteiger charge is -2.23. The van der Waals surface area contributed by atoms with Crippen molar-refractivity contribution in [3.63, 3.8) is 0 Å². The van der Waals surface area contributed by atoms with E-state index >= 15 is 0 Å². The SMILES string of the molecule is C[C@@H](CO)NS(=O)(=O)C1CCCCC1. The van der Waals surface area contributed by atoms with Gasteiger partial charge in [-0.05, 0) is 19.8 Å². The quantitative estimate of drug-likeness (QED) is 0.731. The van der Waals surface area contributed by atoms with Gasteiger partial charge in [-0.2, -0.15) is 0 Å². The number of sulfonamides is 1. The molecule has 4 nitrogen and oxygen atoms in total. The molecule has 0 radical (unpaired) electrons. The zero-order valence-electron chi connectivity index (χ0n) is 8.57. The molecule has 2 N–H and O–H groups in total. The average molecular weight is 221 g/mol. The fourth-order valence-electron chi connectivity index (χ4n) is 1.79. The first-order chi connectivity index (χ1) is 6.56. The molecule has 0 amide bonds. The zero-order valence-corrected chi connectivity index (χ0v) is 9.39. The highest BCUT2D eigenvalue weighted by atomic mass is 32.2. The Balaban J connectivity index is 2.54. The van der Waals surface area contributed by atoms with Crippen molar-refractivity contribution < 1.29 is 13.5 Å². The lowest BCUT2D eigenvalue weighted by atomic mass is 10.0. The average Bonchev–Trinajstić information content (AvgIpc) is 2.18. The monoisotopic (exact) mass is 221 g/mol. The Hall–Kier alpha value is -0.130. The molecule has 0 unspecified atom stereocenters. The molecule has 1 aliphatic carbocycles. The van der Waals surface area contributed by atoms with E-state index in [9.17, 15) is 8.42 Å². The van der Waals surface area contributed by atoms with Crippen LogP contribution in [-0.2, 0) is 10.0 Å². The summed E-state index contributed by atoms with van der Waals surface area (Å²) in [5.74, 6) is 0. The van der Waals surface area contributed by atoms with E-state index in [-0.39, 0.29) is 17.9 Å². The lowest BCUT2D eigenvalue weighted by molar-refractivity contribution is 0.264. The Morgan fingerprint density at radius 3 is 2.43 bits per heavy atom. The van der Waals surface area contributed by atoms with Crippen molar-refractivity contribution in [1.29, 1.82) is 0 Å². The van der Waals surface area contributed by atoms with E-state index in [0.29, 0.717) is 0 Å². The highest BCUT2D eigenvalue weighted by molar-refractivity contribution is 7.90. The number of rotatable bonds is 4. The molecule has 84 valence electrons. The standard InChI is InChI=1S/C9H19NO3S/c1-8(7-11)10-14(12,13)9-5-3-2-4-6-9/h8-11H,2-7H2,1H3/t8-/m0/s1. The van der Waals surface area contributed by atoms with Crippen molar-refractivity contribution in [2.24, 2.45) is 0 Å². The van der Waals surface area contributed by atoms with Crippen LogP contribution in [0.15, 0.2) is 0 Å². The van der Waals surface area contributed by atoms with Crippen LogP contribution in [0, 0.1) is 0 Å². The molecule has 1 fully saturated rings. The second kappa shape index (κ2) is 5.09. The maximum atomic E-state index is 11.7. The lowest BCUT2D eigenvalue weighted by Crippen LogP contribution is -2.41. The van der Waals surface area contributed by atoms with E-state index in [1.807, 2.05) is 0 Å². The van der Waals surface area contributed by atoms with Crippen LogP contribution in [0.2, 0.25) is 0 Å². The number of hydrogen-bond donors (Lipinski definition) is 2. The van der Waals surface area contributed by atoms with Gasteiger partial charge in [-0.25, -0.2) is 13.1 Å². The highest BCUT2D eigenvalue weighted by Crippen LogP contribution is 2.23. The fraction of sp³-hybridized carbons (Fsp3) is 1.00. The first-order valence-electron chi connectivity index (χ1n) is 5.18. The van der Waals surface area contributed by atoms with E-state index in [4.69, 9.17) is 5.11 Å². The van der Waals surface area contributed by atoms with Crippen LogP contribution >= 0.6 is 0 Å². The van der Waals surface area contributed by atoms with Crippen molar-refractivity contribution in [3.05, 3.63) is 0 Å². The van der Waals surface area contributed by atoms with Gasteiger partial charge in [0, 0.05) is 6.04 Å². The van der Waals surface area contributed by atoms with E-state index in [1.54, 1.807) is 6.92 Å². The summed E-state index contributed by atoms with van der Waals surface area (Å²) in [6.07, 6.45) is 4.65. The van der Waals surface area contributed by atoms with Crippen LogP contribution < -0.4 is 4.72 Å². The first-order valence-corrected chi connectivity index (χ1v) is 6.73. The van der Waals surface area contributed by atoms with Gasteiger partial charge in [0.25, 0.3) is 0 Å². The molecule has 0 aromatic rings. The number of aliphatic hydroxyl groups is 1. The predicted molar refractivity (Wildman–Crippen MR) is 55.5 cm³/mol. The number of aliphatic hydroxyl groups excluding tert-OH is 1. The third-order valence-corrected chi connectivity index (χ3v) is 4.71. The summed E-state index contributed by atoms with van der Waals surface area (Å²) in [5, 5.41) is 8.52. The fourth-order valence-corrected chi connectivity index (χ4v) is 3.57. The van der Waals surface area contributed by atoms with Gasteiger partial charge in [-0.3, -0.25) is 0 Å². The Morgan fingerprint density at radius 2 is 1.93 bits per heavy atom.